The van der Waals surface area contributed by atoms with Crippen LogP contribution < -0.4 is 15.4 Å². The van der Waals surface area contributed by atoms with Gasteiger partial charge in [0, 0.05) is 17.1 Å². The Kier molecular flexibility index (Phi) is 6.07. The number of carbonyl (C=O) groups is 1. The molecule has 1 atom stereocenters. The Labute approximate surface area is 114 Å². The quantitative estimate of drug-likeness (QED) is 0.839. The van der Waals surface area contributed by atoms with Gasteiger partial charge in [0.15, 0.2) is 18.2 Å². The van der Waals surface area contributed by atoms with E-state index in [0.717, 1.165) is 0 Å². The number of hydrogen-bond acceptors (Lipinski definition) is 3. The van der Waals surface area contributed by atoms with Crippen LogP contribution in [0.15, 0.2) is 22.7 Å². The van der Waals surface area contributed by atoms with Crippen molar-refractivity contribution >= 4 is 21.8 Å². The lowest BCUT2D eigenvalue weighted by Gasteiger charge is -2.12. The van der Waals surface area contributed by atoms with Crippen molar-refractivity contribution in [3.63, 3.8) is 0 Å². The number of amides is 1. The number of carbonyl (C=O) groups excluding carboxylic acids is 1. The molecule has 0 saturated carbocycles. The first-order valence-electron chi connectivity index (χ1n) is 5.54. The van der Waals surface area contributed by atoms with Gasteiger partial charge in [-0.1, -0.05) is 15.9 Å². The fourth-order valence-corrected chi connectivity index (χ4v) is 1.49. The van der Waals surface area contributed by atoms with Gasteiger partial charge in [-0.25, -0.2) is 4.39 Å². The molecule has 0 heterocycles. The molecule has 0 fully saturated rings. The van der Waals surface area contributed by atoms with Gasteiger partial charge >= 0.3 is 0 Å². The average Bonchev–Trinajstić information content (AvgIpc) is 2.34. The summed E-state index contributed by atoms with van der Waals surface area (Å²) in [4.78, 5) is 11.4. The number of benzene rings is 1. The van der Waals surface area contributed by atoms with Crippen LogP contribution in [0.1, 0.15) is 6.92 Å². The molecule has 6 heteroatoms. The molecule has 1 unspecified atom stereocenters. The molecule has 1 aromatic rings. The molecule has 1 aromatic carbocycles. The lowest BCUT2D eigenvalue weighted by atomic mass is 10.3. The van der Waals surface area contributed by atoms with E-state index in [0.29, 0.717) is 11.0 Å². The van der Waals surface area contributed by atoms with E-state index in [4.69, 9.17) is 4.74 Å². The summed E-state index contributed by atoms with van der Waals surface area (Å²) in [6, 6.07) is 4.59. The third-order valence-corrected chi connectivity index (χ3v) is 2.84. The van der Waals surface area contributed by atoms with Gasteiger partial charge in [0.25, 0.3) is 5.91 Å². The number of nitrogens with one attached hydrogen (secondary N) is 2. The van der Waals surface area contributed by atoms with E-state index in [9.17, 15) is 9.18 Å². The molecule has 2 N–H and O–H groups in total. The molecule has 1 rings (SSSR count). The monoisotopic (exact) mass is 318 g/mol. The topological polar surface area (TPSA) is 50.4 Å². The zero-order valence-electron chi connectivity index (χ0n) is 10.3. The van der Waals surface area contributed by atoms with Crippen molar-refractivity contribution in [3.05, 3.63) is 28.5 Å². The second-order valence-corrected chi connectivity index (χ2v) is 4.77. The molecule has 100 valence electrons. The molecular weight excluding hydrogens is 303 g/mol. The molecule has 0 aliphatic carbocycles. The van der Waals surface area contributed by atoms with Crippen molar-refractivity contribution in [2.75, 3.05) is 20.2 Å². The standard InChI is InChI=1S/C12H16BrFN2O2/c1-8(15-2)6-16-12(17)7-18-11-4-3-9(13)5-10(11)14/h3-5,8,15H,6-7H2,1-2H3,(H,16,17). The zero-order valence-corrected chi connectivity index (χ0v) is 11.9. The largest absolute Gasteiger partial charge is 0.481 e. The highest BCUT2D eigenvalue weighted by molar-refractivity contribution is 9.10. The Balaban J connectivity index is 2.38. The summed E-state index contributed by atoms with van der Waals surface area (Å²) in [7, 11) is 1.81. The predicted octanol–water partition coefficient (Wildman–Crippen LogP) is 1.69. The van der Waals surface area contributed by atoms with Crippen LogP contribution in [0.2, 0.25) is 0 Å². The minimum absolute atomic E-state index is 0.0648. The van der Waals surface area contributed by atoms with Crippen LogP contribution in [0, 0.1) is 5.82 Å². The van der Waals surface area contributed by atoms with Gasteiger partial charge in [-0.3, -0.25) is 4.79 Å². The fourth-order valence-electron chi connectivity index (χ4n) is 1.16. The van der Waals surface area contributed by atoms with Gasteiger partial charge in [-0.2, -0.15) is 0 Å². The van der Waals surface area contributed by atoms with Gasteiger partial charge in [0.1, 0.15) is 0 Å². The van der Waals surface area contributed by atoms with E-state index in [1.807, 2.05) is 14.0 Å². The Morgan fingerprint density at radius 1 is 1.56 bits per heavy atom. The molecule has 0 aliphatic rings. The normalized spacial score (nSPS) is 12.0. The molecule has 0 radical (unpaired) electrons. The molecule has 0 bridgehead atoms. The highest BCUT2D eigenvalue weighted by Crippen LogP contribution is 2.21. The summed E-state index contributed by atoms with van der Waals surface area (Å²) < 4.78 is 19.1. The molecule has 0 aliphatic heterocycles. The molecule has 18 heavy (non-hydrogen) atoms. The van der Waals surface area contributed by atoms with Gasteiger partial charge in [-0.05, 0) is 32.2 Å². The van der Waals surface area contributed by atoms with E-state index in [2.05, 4.69) is 26.6 Å². The van der Waals surface area contributed by atoms with Crippen LogP contribution in [0.5, 0.6) is 5.75 Å². The Morgan fingerprint density at radius 2 is 2.28 bits per heavy atom. The third kappa shape index (κ3) is 5.01. The van der Waals surface area contributed by atoms with Gasteiger partial charge in [0.05, 0.1) is 0 Å². The molecule has 4 nitrogen and oxygen atoms in total. The van der Waals surface area contributed by atoms with Crippen LogP contribution in [0.4, 0.5) is 4.39 Å². The fraction of sp³-hybridized carbons (Fsp3) is 0.417. The van der Waals surface area contributed by atoms with Crippen LogP contribution in [0.3, 0.4) is 0 Å². The summed E-state index contributed by atoms with van der Waals surface area (Å²) in [5, 5.41) is 5.66. The minimum atomic E-state index is -0.499. The number of hydrogen-bond donors (Lipinski definition) is 2. The Hall–Kier alpha value is -1.14. The molecule has 0 spiro atoms. The van der Waals surface area contributed by atoms with Gasteiger partial charge < -0.3 is 15.4 Å². The van der Waals surface area contributed by atoms with Crippen molar-refractivity contribution in [2.24, 2.45) is 0 Å². The molecule has 1 amide bonds. The molecule has 0 saturated heterocycles. The van der Waals surface area contributed by atoms with Crippen LogP contribution in [0.25, 0.3) is 0 Å². The summed E-state index contributed by atoms with van der Waals surface area (Å²) in [5.74, 6) is -0.713. The van der Waals surface area contributed by atoms with Crippen LogP contribution in [-0.4, -0.2) is 32.1 Å². The van der Waals surface area contributed by atoms with E-state index >= 15 is 0 Å². The van der Waals surface area contributed by atoms with E-state index in [-0.39, 0.29) is 24.3 Å². The van der Waals surface area contributed by atoms with Crippen LogP contribution >= 0.6 is 15.9 Å². The average molecular weight is 319 g/mol. The van der Waals surface area contributed by atoms with Crippen molar-refractivity contribution in [2.45, 2.75) is 13.0 Å². The van der Waals surface area contributed by atoms with Crippen molar-refractivity contribution < 1.29 is 13.9 Å². The summed E-state index contributed by atoms with van der Waals surface area (Å²) in [6.45, 7) is 2.24. The van der Waals surface area contributed by atoms with E-state index in [1.54, 1.807) is 6.07 Å². The maximum atomic E-state index is 13.4. The Morgan fingerprint density at radius 3 is 2.89 bits per heavy atom. The first-order valence-corrected chi connectivity index (χ1v) is 6.34. The number of rotatable bonds is 6. The van der Waals surface area contributed by atoms with Crippen molar-refractivity contribution in [3.8, 4) is 5.75 Å². The number of ether oxygens (including phenoxy) is 1. The lowest BCUT2D eigenvalue weighted by Crippen LogP contribution is -2.39. The van der Waals surface area contributed by atoms with Crippen molar-refractivity contribution in [1.82, 2.24) is 10.6 Å². The van der Waals surface area contributed by atoms with Crippen LogP contribution in [-0.2, 0) is 4.79 Å². The third-order valence-electron chi connectivity index (χ3n) is 2.35. The van der Waals surface area contributed by atoms with Crippen molar-refractivity contribution in [1.29, 1.82) is 0 Å². The maximum Gasteiger partial charge on any atom is 0.257 e. The summed E-state index contributed by atoms with van der Waals surface area (Å²) in [5.41, 5.74) is 0. The first-order chi connectivity index (χ1) is 8.52. The second-order valence-electron chi connectivity index (χ2n) is 3.86. The smallest absolute Gasteiger partial charge is 0.257 e. The lowest BCUT2D eigenvalue weighted by molar-refractivity contribution is -0.123. The second kappa shape index (κ2) is 7.33. The van der Waals surface area contributed by atoms with E-state index in [1.165, 1.54) is 12.1 Å². The zero-order chi connectivity index (χ0) is 13.5. The summed E-state index contributed by atoms with van der Waals surface area (Å²) in [6.07, 6.45) is 0. The predicted molar refractivity (Wildman–Crippen MR) is 71.1 cm³/mol. The number of likely N-dealkylation sites (N-methyl/N-ethyl adjacent to an activating group) is 1. The molecule has 0 aromatic heterocycles. The number of halogens is 2. The first kappa shape index (κ1) is 14.9. The maximum absolute atomic E-state index is 13.4. The Bertz CT molecular complexity index is 415. The highest BCUT2D eigenvalue weighted by Gasteiger charge is 2.08. The van der Waals surface area contributed by atoms with Gasteiger partial charge in [0.2, 0.25) is 0 Å². The SMILES string of the molecule is CNC(C)CNC(=O)COc1ccc(Br)cc1F. The highest BCUT2D eigenvalue weighted by atomic mass is 79.9. The minimum Gasteiger partial charge on any atom is -0.481 e. The summed E-state index contributed by atoms with van der Waals surface area (Å²) >= 11 is 3.14. The molecular formula is C12H16BrFN2O2. The van der Waals surface area contributed by atoms with Gasteiger partial charge in [-0.15, -0.1) is 0 Å². The van der Waals surface area contributed by atoms with E-state index < -0.39 is 5.82 Å².